The van der Waals surface area contributed by atoms with Gasteiger partial charge in [0, 0.05) is 12.2 Å². The molecule has 1 N–H and O–H groups in total. The van der Waals surface area contributed by atoms with Gasteiger partial charge in [0.25, 0.3) is 5.91 Å². The van der Waals surface area contributed by atoms with E-state index in [4.69, 9.17) is 0 Å². The van der Waals surface area contributed by atoms with Gasteiger partial charge in [0.15, 0.2) is 0 Å². The number of rotatable bonds is 8. The lowest BCUT2D eigenvalue weighted by Crippen LogP contribution is -2.39. The van der Waals surface area contributed by atoms with Gasteiger partial charge in [-0.2, -0.15) is 0 Å². The van der Waals surface area contributed by atoms with E-state index in [-0.39, 0.29) is 25.1 Å². The zero-order chi connectivity index (χ0) is 26.5. The normalized spacial score (nSPS) is 15.2. The highest BCUT2D eigenvalue weighted by atomic mass is 19.1. The van der Waals surface area contributed by atoms with Crippen LogP contribution in [0.15, 0.2) is 72.8 Å². The third-order valence-electron chi connectivity index (χ3n) is 5.95. The molecule has 0 aliphatic carbocycles. The maximum atomic E-state index is 14.2. The van der Waals surface area contributed by atoms with Gasteiger partial charge in [-0.05, 0) is 66.6 Å². The van der Waals surface area contributed by atoms with Crippen LogP contribution in [0.5, 0.6) is 0 Å². The molecule has 0 radical (unpaired) electrons. The number of amides is 4. The van der Waals surface area contributed by atoms with Gasteiger partial charge in [-0.1, -0.05) is 18.2 Å². The van der Waals surface area contributed by atoms with E-state index in [9.17, 15) is 28.0 Å². The van der Waals surface area contributed by atoms with Gasteiger partial charge in [-0.25, -0.2) is 23.3 Å². The number of esters is 1. The zero-order valence-corrected chi connectivity index (χ0v) is 19.8. The van der Waals surface area contributed by atoms with Crippen molar-refractivity contribution in [2.24, 2.45) is 0 Å². The molecular weight excluding hydrogens is 484 g/mol. The van der Waals surface area contributed by atoms with Gasteiger partial charge in [0.2, 0.25) is 5.91 Å². The van der Waals surface area contributed by atoms with Gasteiger partial charge >= 0.3 is 12.0 Å². The van der Waals surface area contributed by atoms with Crippen LogP contribution in [0, 0.1) is 11.6 Å². The van der Waals surface area contributed by atoms with Gasteiger partial charge in [0.1, 0.15) is 17.7 Å². The van der Waals surface area contributed by atoms with Gasteiger partial charge in [-0.15, -0.1) is 0 Å². The molecule has 37 heavy (non-hydrogen) atoms. The second kappa shape index (κ2) is 11.0. The Bertz CT molecular complexity index is 1330. The fraction of sp³-hybridized carbons (Fsp3) is 0.185. The maximum absolute atomic E-state index is 14.2. The summed E-state index contributed by atoms with van der Waals surface area (Å²) in [5.41, 5.74) is 1.19. The van der Waals surface area contributed by atoms with Gasteiger partial charge in [-0.3, -0.25) is 9.59 Å². The maximum Gasteiger partial charge on any atom is 0.337 e. The van der Waals surface area contributed by atoms with Crippen LogP contribution in [0.3, 0.4) is 0 Å². The Morgan fingerprint density at radius 1 is 0.946 bits per heavy atom. The predicted octanol–water partition coefficient (Wildman–Crippen LogP) is 4.16. The van der Waals surface area contributed by atoms with Crippen LogP contribution in [-0.2, 0) is 20.7 Å². The predicted molar refractivity (Wildman–Crippen MR) is 131 cm³/mol. The highest BCUT2D eigenvalue weighted by Gasteiger charge is 2.46. The number of carbonyl (C=O) groups is 4. The Morgan fingerprint density at radius 3 is 2.27 bits per heavy atom. The number of hydrogen-bond acceptors (Lipinski definition) is 5. The average molecular weight is 507 g/mol. The van der Waals surface area contributed by atoms with Crippen LogP contribution in [0.25, 0.3) is 0 Å². The summed E-state index contributed by atoms with van der Waals surface area (Å²) in [4.78, 5) is 53.1. The highest BCUT2D eigenvalue weighted by molar-refractivity contribution is 6.22. The Morgan fingerprint density at radius 2 is 1.62 bits per heavy atom. The first-order valence-corrected chi connectivity index (χ1v) is 11.4. The molecule has 4 amide bonds. The van der Waals surface area contributed by atoms with E-state index in [1.807, 2.05) is 0 Å². The minimum Gasteiger partial charge on any atom is -0.465 e. The van der Waals surface area contributed by atoms with E-state index >= 15 is 0 Å². The van der Waals surface area contributed by atoms with Gasteiger partial charge in [0.05, 0.1) is 24.8 Å². The lowest BCUT2D eigenvalue weighted by molar-refractivity contribution is -0.124. The van der Waals surface area contributed by atoms with Crippen molar-refractivity contribution in [2.75, 3.05) is 23.9 Å². The number of urea groups is 1. The summed E-state index contributed by atoms with van der Waals surface area (Å²) in [6.45, 7) is -0.0189. The molecule has 0 bridgehead atoms. The summed E-state index contributed by atoms with van der Waals surface area (Å²) in [7, 11) is 1.26. The van der Waals surface area contributed by atoms with Gasteiger partial charge < -0.3 is 15.0 Å². The van der Waals surface area contributed by atoms with E-state index in [0.717, 1.165) is 17.0 Å². The molecule has 3 aromatic carbocycles. The molecule has 3 aromatic rings. The molecule has 1 unspecified atom stereocenters. The minimum atomic E-state index is -1.15. The van der Waals surface area contributed by atoms with Crippen molar-refractivity contribution in [3.8, 4) is 0 Å². The molecule has 4 rings (SSSR count). The lowest BCUT2D eigenvalue weighted by Gasteiger charge is -2.21. The smallest absolute Gasteiger partial charge is 0.337 e. The van der Waals surface area contributed by atoms with Crippen molar-refractivity contribution >= 4 is 35.2 Å². The van der Waals surface area contributed by atoms with E-state index in [2.05, 4.69) is 10.1 Å². The quantitative estimate of drug-likeness (QED) is 0.365. The van der Waals surface area contributed by atoms with Crippen molar-refractivity contribution in [2.45, 2.75) is 18.9 Å². The van der Waals surface area contributed by atoms with Crippen LogP contribution in [0.1, 0.15) is 22.3 Å². The summed E-state index contributed by atoms with van der Waals surface area (Å²) >= 11 is 0. The molecule has 1 fully saturated rings. The Labute approximate surface area is 211 Å². The number of methoxy groups -OCH3 is 1. The molecule has 0 aromatic heterocycles. The van der Waals surface area contributed by atoms with Crippen molar-refractivity contribution in [1.82, 2.24) is 4.90 Å². The Kier molecular flexibility index (Phi) is 7.57. The van der Waals surface area contributed by atoms with E-state index in [1.54, 1.807) is 18.2 Å². The molecule has 1 saturated heterocycles. The first-order valence-electron chi connectivity index (χ1n) is 11.4. The number of ether oxygens (including phenoxy) is 1. The molecule has 1 heterocycles. The second-order valence-electron chi connectivity index (χ2n) is 8.30. The molecule has 1 atom stereocenters. The summed E-state index contributed by atoms with van der Waals surface area (Å²) < 4.78 is 32.2. The van der Waals surface area contributed by atoms with Crippen LogP contribution < -0.4 is 10.2 Å². The number of carbonyl (C=O) groups excluding carboxylic acids is 4. The molecule has 8 nitrogen and oxygen atoms in total. The average Bonchev–Trinajstić information content (AvgIpc) is 3.12. The third-order valence-corrected chi connectivity index (χ3v) is 5.95. The molecule has 0 saturated carbocycles. The lowest BCUT2D eigenvalue weighted by atomic mass is 10.1. The van der Waals surface area contributed by atoms with E-state index in [0.29, 0.717) is 16.8 Å². The number of imide groups is 1. The van der Waals surface area contributed by atoms with Crippen LogP contribution in [0.2, 0.25) is 0 Å². The number of nitrogens with one attached hydrogen (secondary N) is 1. The van der Waals surface area contributed by atoms with Crippen LogP contribution in [0.4, 0.5) is 25.0 Å². The number of benzene rings is 3. The number of nitrogens with zero attached hydrogens (tertiary/aromatic N) is 2. The largest absolute Gasteiger partial charge is 0.465 e. The summed E-state index contributed by atoms with van der Waals surface area (Å²) in [5, 5.41) is 2.64. The first kappa shape index (κ1) is 25.5. The topological polar surface area (TPSA) is 96.0 Å². The number of hydrogen-bond donors (Lipinski definition) is 1. The summed E-state index contributed by atoms with van der Waals surface area (Å²) in [5.74, 6) is -2.71. The van der Waals surface area contributed by atoms with E-state index in [1.165, 1.54) is 54.5 Å². The molecule has 0 spiro atoms. The van der Waals surface area contributed by atoms with Crippen LogP contribution >= 0.6 is 0 Å². The van der Waals surface area contributed by atoms with Crippen molar-refractivity contribution in [1.29, 1.82) is 0 Å². The second-order valence-corrected chi connectivity index (χ2v) is 8.30. The SMILES string of the molecule is COC(=O)c1ccc(NC(=O)CC2C(=O)N(c3ccc(F)cc3)C(=O)N2CCc2ccccc2F)cc1. The minimum absolute atomic E-state index is 0.0189. The molecular formula is C27H23F2N3O5. The highest BCUT2D eigenvalue weighted by Crippen LogP contribution is 2.28. The van der Waals surface area contributed by atoms with Crippen molar-refractivity contribution in [3.63, 3.8) is 0 Å². The molecule has 1 aliphatic rings. The number of anilines is 2. The fourth-order valence-corrected chi connectivity index (χ4v) is 4.05. The first-order chi connectivity index (χ1) is 17.8. The van der Waals surface area contributed by atoms with Crippen molar-refractivity contribution < 1.29 is 32.7 Å². The molecule has 10 heteroatoms. The fourth-order valence-electron chi connectivity index (χ4n) is 4.05. The van der Waals surface area contributed by atoms with Crippen molar-refractivity contribution in [3.05, 3.63) is 95.6 Å². The van der Waals surface area contributed by atoms with E-state index < -0.39 is 41.5 Å². The third kappa shape index (κ3) is 5.64. The monoisotopic (exact) mass is 507 g/mol. The number of halogens is 2. The zero-order valence-electron chi connectivity index (χ0n) is 19.8. The summed E-state index contributed by atoms with van der Waals surface area (Å²) in [6, 6.07) is 15.0. The summed E-state index contributed by atoms with van der Waals surface area (Å²) in [6.07, 6.45) is -0.242. The Hall–Kier alpha value is -4.60. The van der Waals surface area contributed by atoms with Crippen LogP contribution in [-0.4, -0.2) is 48.4 Å². The Balaban J connectivity index is 1.53. The molecule has 190 valence electrons. The standard InChI is InChI=1S/C27H23F2N3O5/c1-37-26(35)18-6-10-20(11-7-18)30-24(33)16-23-25(34)32(21-12-8-19(28)9-13-21)27(36)31(23)15-14-17-4-2-3-5-22(17)29/h2-13,23H,14-16H2,1H3,(H,30,33). The molecule has 1 aliphatic heterocycles.